The summed E-state index contributed by atoms with van der Waals surface area (Å²) < 4.78 is 13.9. The van der Waals surface area contributed by atoms with Gasteiger partial charge in [0.05, 0.1) is 25.3 Å². The summed E-state index contributed by atoms with van der Waals surface area (Å²) in [5.41, 5.74) is 3.04. The van der Waals surface area contributed by atoms with Crippen molar-refractivity contribution in [3.63, 3.8) is 0 Å². The van der Waals surface area contributed by atoms with Crippen molar-refractivity contribution < 1.29 is 14.3 Å². The molecule has 6 nitrogen and oxygen atoms in total. The molecule has 0 unspecified atom stereocenters. The maximum Gasteiger partial charge on any atom is 0.224 e. The number of amides is 1. The highest BCUT2D eigenvalue weighted by molar-refractivity contribution is 9.10. The van der Waals surface area contributed by atoms with Gasteiger partial charge in [0.25, 0.3) is 0 Å². The molecule has 3 aromatic rings. The van der Waals surface area contributed by atoms with Gasteiger partial charge in [0.15, 0.2) is 11.5 Å². The Kier molecular flexibility index (Phi) is 7.90. The molecule has 0 aliphatic heterocycles. The van der Waals surface area contributed by atoms with Crippen molar-refractivity contribution in [1.82, 2.24) is 15.1 Å². The molecule has 1 aromatic heterocycles. The third-order valence-corrected chi connectivity index (χ3v) is 5.24. The molecule has 2 aromatic carbocycles. The first-order chi connectivity index (χ1) is 14.6. The van der Waals surface area contributed by atoms with Gasteiger partial charge in [-0.2, -0.15) is 5.10 Å². The molecule has 0 aliphatic rings. The van der Waals surface area contributed by atoms with Crippen molar-refractivity contribution in [2.24, 2.45) is 0 Å². The van der Waals surface area contributed by atoms with Crippen LogP contribution in [-0.2, 0) is 17.6 Å². The molecule has 7 heteroatoms. The fourth-order valence-electron chi connectivity index (χ4n) is 3.07. The first-order valence-electron chi connectivity index (χ1n) is 10.0. The number of rotatable bonds is 10. The van der Waals surface area contributed by atoms with Crippen LogP contribution in [0.3, 0.4) is 0 Å². The normalized spacial score (nSPS) is 10.6. The van der Waals surface area contributed by atoms with E-state index < -0.39 is 0 Å². The summed E-state index contributed by atoms with van der Waals surface area (Å²) in [5.74, 6) is 1.30. The molecule has 1 heterocycles. The molecule has 0 saturated heterocycles. The molecule has 0 radical (unpaired) electrons. The smallest absolute Gasteiger partial charge is 0.224 e. The molecule has 1 N–H and O–H groups in total. The van der Waals surface area contributed by atoms with Crippen LogP contribution < -0.4 is 14.8 Å². The molecule has 30 heavy (non-hydrogen) atoms. The van der Waals surface area contributed by atoms with E-state index >= 15 is 0 Å². The van der Waals surface area contributed by atoms with Gasteiger partial charge in [0, 0.05) is 23.4 Å². The maximum atomic E-state index is 12.4. The second-order valence-electron chi connectivity index (χ2n) is 6.65. The highest BCUT2D eigenvalue weighted by Crippen LogP contribution is 2.34. The largest absolute Gasteiger partial charge is 0.490 e. The van der Waals surface area contributed by atoms with Crippen LogP contribution in [0.2, 0.25) is 0 Å². The third-order valence-electron chi connectivity index (χ3n) is 4.50. The molecule has 158 valence electrons. The fourth-order valence-corrected chi connectivity index (χ4v) is 3.53. The average Bonchev–Trinajstić information content (AvgIpc) is 3.27. The van der Waals surface area contributed by atoms with E-state index in [9.17, 15) is 4.79 Å². The summed E-state index contributed by atoms with van der Waals surface area (Å²) in [5, 5.41) is 7.21. The number of halogens is 1. The highest BCUT2D eigenvalue weighted by atomic mass is 79.9. The summed E-state index contributed by atoms with van der Waals surface area (Å²) in [6, 6.07) is 13.8. The zero-order valence-electron chi connectivity index (χ0n) is 17.2. The number of nitrogens with one attached hydrogen (secondary N) is 1. The van der Waals surface area contributed by atoms with Crippen LogP contribution >= 0.6 is 15.9 Å². The third kappa shape index (κ3) is 5.86. The molecular formula is C23H26BrN3O3. The lowest BCUT2D eigenvalue weighted by atomic mass is 10.1. The molecule has 0 aliphatic carbocycles. The van der Waals surface area contributed by atoms with E-state index in [1.54, 1.807) is 6.20 Å². The summed E-state index contributed by atoms with van der Waals surface area (Å²) in [6.45, 7) is 5.51. The monoisotopic (exact) mass is 471 g/mol. The fraction of sp³-hybridized carbons (Fsp3) is 0.304. The molecule has 0 atom stereocenters. The molecule has 1 amide bonds. The minimum atomic E-state index is -0.0320. The van der Waals surface area contributed by atoms with Crippen molar-refractivity contribution >= 4 is 21.8 Å². The van der Waals surface area contributed by atoms with E-state index in [2.05, 4.69) is 38.5 Å². The Morgan fingerprint density at radius 2 is 1.80 bits per heavy atom. The Bertz CT molecular complexity index is 957. The van der Waals surface area contributed by atoms with Gasteiger partial charge in [-0.15, -0.1) is 0 Å². The summed E-state index contributed by atoms with van der Waals surface area (Å²) >= 11 is 3.54. The van der Waals surface area contributed by atoms with Crippen LogP contribution in [0, 0.1) is 0 Å². The predicted octanol–water partition coefficient (Wildman–Crippen LogP) is 4.33. The number of aromatic nitrogens is 2. The molecule has 3 rings (SSSR count). The Morgan fingerprint density at radius 1 is 1.10 bits per heavy atom. The van der Waals surface area contributed by atoms with E-state index in [0.29, 0.717) is 31.3 Å². The summed E-state index contributed by atoms with van der Waals surface area (Å²) in [6.07, 6.45) is 4.69. The number of nitrogens with zero attached hydrogens (tertiary/aromatic N) is 2. The number of carbonyl (C=O) groups excluding carboxylic acids is 1. The first kappa shape index (κ1) is 21.9. The Hall–Kier alpha value is -2.80. The van der Waals surface area contributed by atoms with Crippen molar-refractivity contribution in [2.45, 2.75) is 26.7 Å². The van der Waals surface area contributed by atoms with Crippen LogP contribution in [0.25, 0.3) is 5.69 Å². The SMILES string of the molecule is CCOc1cc(Br)c(CC(=O)NCCc2ccc(-n3cccn3)cc2)cc1OCC. The molecule has 0 fully saturated rings. The van der Waals surface area contributed by atoms with E-state index in [1.165, 1.54) is 0 Å². The highest BCUT2D eigenvalue weighted by Gasteiger charge is 2.13. The van der Waals surface area contributed by atoms with Gasteiger partial charge >= 0.3 is 0 Å². The van der Waals surface area contributed by atoms with Crippen molar-refractivity contribution in [3.8, 4) is 17.2 Å². The van der Waals surface area contributed by atoms with Gasteiger partial charge in [-0.25, -0.2) is 4.68 Å². The van der Waals surface area contributed by atoms with Gasteiger partial charge in [0.2, 0.25) is 5.91 Å². The Labute approximate surface area is 185 Å². The van der Waals surface area contributed by atoms with E-state index in [0.717, 1.165) is 27.7 Å². The average molecular weight is 472 g/mol. The summed E-state index contributed by atoms with van der Waals surface area (Å²) in [4.78, 5) is 12.4. The van der Waals surface area contributed by atoms with Crippen LogP contribution in [0.4, 0.5) is 0 Å². The lowest BCUT2D eigenvalue weighted by Crippen LogP contribution is -2.27. The number of hydrogen-bond acceptors (Lipinski definition) is 4. The van der Waals surface area contributed by atoms with Crippen LogP contribution in [0.15, 0.2) is 59.3 Å². The second kappa shape index (κ2) is 10.8. The predicted molar refractivity (Wildman–Crippen MR) is 120 cm³/mol. The van der Waals surface area contributed by atoms with Gasteiger partial charge in [-0.05, 0) is 61.7 Å². The molecule has 0 saturated carbocycles. The molecule has 0 bridgehead atoms. The topological polar surface area (TPSA) is 65.4 Å². The first-order valence-corrected chi connectivity index (χ1v) is 10.8. The number of ether oxygens (including phenoxy) is 2. The van der Waals surface area contributed by atoms with Gasteiger partial charge in [-0.3, -0.25) is 4.79 Å². The minimum Gasteiger partial charge on any atom is -0.490 e. The van der Waals surface area contributed by atoms with E-state index in [1.807, 2.05) is 55.1 Å². The zero-order chi connectivity index (χ0) is 21.3. The van der Waals surface area contributed by atoms with Gasteiger partial charge in [-0.1, -0.05) is 28.1 Å². The second-order valence-corrected chi connectivity index (χ2v) is 7.50. The minimum absolute atomic E-state index is 0.0320. The van der Waals surface area contributed by atoms with Gasteiger partial charge < -0.3 is 14.8 Å². The Balaban J connectivity index is 1.53. The quantitative estimate of drug-likeness (QED) is 0.477. The van der Waals surface area contributed by atoms with Gasteiger partial charge in [0.1, 0.15) is 0 Å². The van der Waals surface area contributed by atoms with Crippen molar-refractivity contribution in [2.75, 3.05) is 19.8 Å². The van der Waals surface area contributed by atoms with E-state index in [4.69, 9.17) is 9.47 Å². The summed E-state index contributed by atoms with van der Waals surface area (Å²) in [7, 11) is 0. The van der Waals surface area contributed by atoms with Crippen molar-refractivity contribution in [3.05, 3.63) is 70.5 Å². The standard InChI is InChI=1S/C23H26BrN3O3/c1-3-29-21-14-18(20(24)16-22(21)30-4-2)15-23(28)25-12-10-17-6-8-19(9-7-17)27-13-5-11-26-27/h5-9,11,13-14,16H,3-4,10,12,15H2,1-2H3,(H,25,28). The lowest BCUT2D eigenvalue weighted by molar-refractivity contribution is -0.120. The van der Waals surface area contributed by atoms with E-state index in [-0.39, 0.29) is 12.3 Å². The molecule has 0 spiro atoms. The van der Waals surface area contributed by atoms with Crippen LogP contribution in [-0.4, -0.2) is 35.4 Å². The maximum absolute atomic E-state index is 12.4. The van der Waals surface area contributed by atoms with Crippen molar-refractivity contribution in [1.29, 1.82) is 0 Å². The van der Waals surface area contributed by atoms with Crippen LogP contribution in [0.5, 0.6) is 11.5 Å². The molecular weight excluding hydrogens is 446 g/mol. The number of benzene rings is 2. The number of hydrogen-bond donors (Lipinski definition) is 1. The Morgan fingerprint density at radius 3 is 2.43 bits per heavy atom. The number of carbonyl (C=O) groups is 1. The lowest BCUT2D eigenvalue weighted by Gasteiger charge is -2.14. The zero-order valence-corrected chi connectivity index (χ0v) is 18.8. The van der Waals surface area contributed by atoms with Crippen LogP contribution in [0.1, 0.15) is 25.0 Å².